The molecule has 3 rings (SSSR count). The minimum absolute atomic E-state index is 0.115. The zero-order valence-electron chi connectivity index (χ0n) is 10.8. The van der Waals surface area contributed by atoms with Crippen molar-refractivity contribution in [2.45, 2.75) is 50.4 Å². The molecule has 0 radical (unpaired) electrons. The summed E-state index contributed by atoms with van der Waals surface area (Å²) in [7, 11) is 0. The fourth-order valence-corrected chi connectivity index (χ4v) is 3.44. The van der Waals surface area contributed by atoms with Crippen LogP contribution in [0.25, 0.3) is 0 Å². The lowest BCUT2D eigenvalue weighted by Crippen LogP contribution is -2.52. The van der Waals surface area contributed by atoms with Gasteiger partial charge in [-0.15, -0.1) is 0 Å². The van der Waals surface area contributed by atoms with Gasteiger partial charge in [-0.1, -0.05) is 24.3 Å². The van der Waals surface area contributed by atoms with Gasteiger partial charge in [-0.05, 0) is 36.8 Å². The molecule has 1 saturated carbocycles. The second-order valence-corrected chi connectivity index (χ2v) is 5.94. The van der Waals surface area contributed by atoms with Crippen LogP contribution in [0.2, 0.25) is 0 Å². The molecule has 0 aromatic heterocycles. The summed E-state index contributed by atoms with van der Waals surface area (Å²) in [5, 5.41) is 9.44. The highest BCUT2D eigenvalue weighted by atomic mass is 16.3. The molecule has 0 amide bonds. The first-order chi connectivity index (χ1) is 8.70. The smallest absolute Gasteiger partial charge is 0.0611 e. The van der Waals surface area contributed by atoms with Crippen LogP contribution in [0.15, 0.2) is 24.3 Å². The Morgan fingerprint density at radius 3 is 2.56 bits per heavy atom. The highest BCUT2D eigenvalue weighted by Gasteiger charge is 2.36. The zero-order valence-corrected chi connectivity index (χ0v) is 10.8. The standard InChI is InChI=1S/C15H22N2O/c16-15(11-18)7-3-6-14(8-15)17-9-12-4-1-2-5-13(12)10-17/h1-2,4-5,14,18H,3,6-11,16H2. The number of hydrogen-bond acceptors (Lipinski definition) is 3. The van der Waals surface area contributed by atoms with Gasteiger partial charge in [-0.25, -0.2) is 0 Å². The molecule has 2 unspecified atom stereocenters. The Morgan fingerprint density at radius 1 is 1.28 bits per heavy atom. The van der Waals surface area contributed by atoms with Crippen LogP contribution in [0.4, 0.5) is 0 Å². The van der Waals surface area contributed by atoms with Crippen LogP contribution < -0.4 is 5.73 Å². The molecular weight excluding hydrogens is 224 g/mol. The number of aliphatic hydroxyl groups excluding tert-OH is 1. The lowest BCUT2D eigenvalue weighted by Gasteiger charge is -2.40. The average molecular weight is 246 g/mol. The van der Waals surface area contributed by atoms with Crippen LogP contribution in [0.3, 0.4) is 0 Å². The maximum absolute atomic E-state index is 9.44. The number of rotatable bonds is 2. The van der Waals surface area contributed by atoms with Crippen LogP contribution in [0.5, 0.6) is 0 Å². The Morgan fingerprint density at radius 2 is 1.94 bits per heavy atom. The van der Waals surface area contributed by atoms with Gasteiger partial charge >= 0.3 is 0 Å². The summed E-state index contributed by atoms with van der Waals surface area (Å²) >= 11 is 0. The molecule has 1 aliphatic carbocycles. The monoisotopic (exact) mass is 246 g/mol. The highest BCUT2D eigenvalue weighted by molar-refractivity contribution is 5.30. The van der Waals surface area contributed by atoms with E-state index in [9.17, 15) is 5.11 Å². The summed E-state index contributed by atoms with van der Waals surface area (Å²) in [6.45, 7) is 2.20. The van der Waals surface area contributed by atoms with Crippen LogP contribution in [-0.2, 0) is 13.1 Å². The first-order valence-electron chi connectivity index (χ1n) is 6.91. The maximum atomic E-state index is 9.44. The van der Waals surface area contributed by atoms with Gasteiger partial charge in [-0.3, -0.25) is 4.90 Å². The van der Waals surface area contributed by atoms with Crippen LogP contribution in [0.1, 0.15) is 36.8 Å². The van der Waals surface area contributed by atoms with Crippen LogP contribution in [-0.4, -0.2) is 28.2 Å². The minimum Gasteiger partial charge on any atom is -0.394 e. The molecule has 0 spiro atoms. The highest BCUT2D eigenvalue weighted by Crippen LogP contribution is 2.33. The summed E-state index contributed by atoms with van der Waals surface area (Å²) in [5.41, 5.74) is 8.80. The van der Waals surface area contributed by atoms with Crippen molar-refractivity contribution in [3.05, 3.63) is 35.4 Å². The van der Waals surface area contributed by atoms with Crippen molar-refractivity contribution in [3.63, 3.8) is 0 Å². The summed E-state index contributed by atoms with van der Waals surface area (Å²) in [5.74, 6) is 0. The first-order valence-corrected chi connectivity index (χ1v) is 6.91. The van der Waals surface area contributed by atoms with Crippen molar-refractivity contribution in [1.29, 1.82) is 0 Å². The van der Waals surface area contributed by atoms with E-state index in [1.54, 1.807) is 0 Å². The predicted molar refractivity (Wildman–Crippen MR) is 71.9 cm³/mol. The number of fused-ring (bicyclic) bond motifs is 1. The van der Waals surface area contributed by atoms with Gasteiger partial charge in [-0.2, -0.15) is 0 Å². The molecular formula is C15H22N2O. The Kier molecular flexibility index (Phi) is 3.14. The zero-order chi connectivity index (χ0) is 12.6. The number of aliphatic hydroxyl groups is 1. The molecule has 1 aromatic carbocycles. The molecule has 1 aliphatic heterocycles. The molecule has 1 fully saturated rings. The van der Waals surface area contributed by atoms with Crippen molar-refractivity contribution in [2.75, 3.05) is 6.61 Å². The van der Waals surface area contributed by atoms with Crippen molar-refractivity contribution >= 4 is 0 Å². The number of benzene rings is 1. The minimum atomic E-state index is -0.350. The quantitative estimate of drug-likeness (QED) is 0.834. The third kappa shape index (κ3) is 2.18. The van der Waals surface area contributed by atoms with Crippen LogP contribution >= 0.6 is 0 Å². The van der Waals surface area contributed by atoms with Crippen LogP contribution in [0, 0.1) is 0 Å². The summed E-state index contributed by atoms with van der Waals surface area (Å²) in [4.78, 5) is 2.53. The Labute approximate surface area is 109 Å². The molecule has 1 aromatic rings. The van der Waals surface area contributed by atoms with E-state index >= 15 is 0 Å². The summed E-state index contributed by atoms with van der Waals surface area (Å²) in [6.07, 6.45) is 4.24. The third-order valence-corrected chi connectivity index (χ3v) is 4.55. The molecule has 3 nitrogen and oxygen atoms in total. The maximum Gasteiger partial charge on any atom is 0.0611 e. The van der Waals surface area contributed by atoms with E-state index in [0.29, 0.717) is 6.04 Å². The fraction of sp³-hybridized carbons (Fsp3) is 0.600. The van der Waals surface area contributed by atoms with Crippen molar-refractivity contribution < 1.29 is 5.11 Å². The van der Waals surface area contributed by atoms with Gasteiger partial charge in [0.2, 0.25) is 0 Å². The lowest BCUT2D eigenvalue weighted by molar-refractivity contribution is 0.0795. The van der Waals surface area contributed by atoms with E-state index in [0.717, 1.165) is 32.4 Å². The average Bonchev–Trinajstić information content (AvgIpc) is 2.83. The van der Waals surface area contributed by atoms with Crippen molar-refractivity contribution in [1.82, 2.24) is 4.90 Å². The molecule has 18 heavy (non-hydrogen) atoms. The molecule has 0 bridgehead atoms. The number of hydrogen-bond donors (Lipinski definition) is 2. The van der Waals surface area contributed by atoms with E-state index in [1.165, 1.54) is 17.5 Å². The van der Waals surface area contributed by atoms with Crippen molar-refractivity contribution in [2.24, 2.45) is 5.73 Å². The second-order valence-electron chi connectivity index (χ2n) is 5.94. The van der Waals surface area contributed by atoms with E-state index in [4.69, 9.17) is 5.73 Å². The summed E-state index contributed by atoms with van der Waals surface area (Å²) in [6, 6.07) is 9.21. The topological polar surface area (TPSA) is 49.5 Å². The third-order valence-electron chi connectivity index (χ3n) is 4.55. The van der Waals surface area contributed by atoms with E-state index in [1.807, 2.05) is 0 Å². The Balaban J connectivity index is 1.71. The van der Waals surface area contributed by atoms with Gasteiger partial charge in [0.05, 0.1) is 6.61 Å². The lowest BCUT2D eigenvalue weighted by atomic mass is 9.80. The molecule has 3 heteroatoms. The van der Waals surface area contributed by atoms with E-state index in [-0.39, 0.29) is 12.1 Å². The molecule has 0 saturated heterocycles. The van der Waals surface area contributed by atoms with Gasteiger partial charge in [0, 0.05) is 24.7 Å². The molecule has 3 N–H and O–H groups in total. The molecule has 2 aliphatic rings. The largest absolute Gasteiger partial charge is 0.394 e. The van der Waals surface area contributed by atoms with Gasteiger partial charge < -0.3 is 10.8 Å². The van der Waals surface area contributed by atoms with Gasteiger partial charge in [0.1, 0.15) is 0 Å². The summed E-state index contributed by atoms with van der Waals surface area (Å²) < 4.78 is 0. The van der Waals surface area contributed by atoms with Gasteiger partial charge in [0.15, 0.2) is 0 Å². The number of nitrogens with two attached hydrogens (primary N) is 1. The Bertz CT molecular complexity index is 409. The van der Waals surface area contributed by atoms with E-state index < -0.39 is 0 Å². The van der Waals surface area contributed by atoms with Crippen molar-refractivity contribution in [3.8, 4) is 0 Å². The first kappa shape index (κ1) is 12.2. The van der Waals surface area contributed by atoms with E-state index in [2.05, 4.69) is 29.2 Å². The normalized spacial score (nSPS) is 32.4. The van der Waals surface area contributed by atoms with Gasteiger partial charge in [0.25, 0.3) is 0 Å². The molecule has 98 valence electrons. The predicted octanol–water partition coefficient (Wildman–Crippen LogP) is 1.63. The number of nitrogens with zero attached hydrogens (tertiary/aromatic N) is 1. The Hall–Kier alpha value is -0.900. The SMILES string of the molecule is NC1(CO)CCCC(N2Cc3ccccc3C2)C1. The second kappa shape index (κ2) is 4.65. The molecule has 1 heterocycles. The molecule has 2 atom stereocenters. The fourth-order valence-electron chi connectivity index (χ4n) is 3.44.